The molecule has 0 aliphatic heterocycles. The number of rotatable bonds is 3. The normalized spacial score (nSPS) is 26.7. The van der Waals surface area contributed by atoms with Gasteiger partial charge in [-0.15, -0.1) is 0 Å². The van der Waals surface area contributed by atoms with Crippen LogP contribution in [0, 0.1) is 5.92 Å². The summed E-state index contributed by atoms with van der Waals surface area (Å²) in [6.07, 6.45) is 3.33. The average Bonchev–Trinajstić information content (AvgIpc) is 2.77. The van der Waals surface area contributed by atoms with Crippen molar-refractivity contribution in [1.29, 1.82) is 0 Å². The van der Waals surface area contributed by atoms with Gasteiger partial charge in [0.2, 0.25) is 5.95 Å². The molecule has 0 saturated heterocycles. The highest BCUT2D eigenvalue weighted by Crippen LogP contribution is 2.27. The van der Waals surface area contributed by atoms with E-state index in [1.54, 1.807) is 11.7 Å². The standard InChI is InChI=1S/C8H15N5O/c1-13-8(10-11-12-13)9-7-4-2-3-6(7)5-14/h6-7,14H,2-5H2,1H3,(H,9,10,12)/t6-,7-/m1/s1. The molecule has 1 aliphatic carbocycles. The highest BCUT2D eigenvalue weighted by atomic mass is 16.3. The van der Waals surface area contributed by atoms with Crippen LogP contribution in [-0.2, 0) is 7.05 Å². The lowest BCUT2D eigenvalue weighted by atomic mass is 10.1. The Morgan fingerprint density at radius 2 is 2.43 bits per heavy atom. The maximum atomic E-state index is 9.14. The minimum absolute atomic E-state index is 0.239. The van der Waals surface area contributed by atoms with Crippen molar-refractivity contribution < 1.29 is 5.11 Å². The minimum Gasteiger partial charge on any atom is -0.396 e. The van der Waals surface area contributed by atoms with Crippen LogP contribution in [0.15, 0.2) is 0 Å². The van der Waals surface area contributed by atoms with Crippen molar-refractivity contribution in [3.8, 4) is 0 Å². The zero-order chi connectivity index (χ0) is 9.97. The highest BCUT2D eigenvalue weighted by Gasteiger charge is 2.27. The molecule has 1 aromatic heterocycles. The fourth-order valence-electron chi connectivity index (χ4n) is 1.96. The predicted molar refractivity (Wildman–Crippen MR) is 50.6 cm³/mol. The van der Waals surface area contributed by atoms with E-state index in [1.807, 2.05) is 0 Å². The molecule has 0 spiro atoms. The topological polar surface area (TPSA) is 75.9 Å². The molecule has 1 heterocycles. The molecule has 0 unspecified atom stereocenters. The van der Waals surface area contributed by atoms with Gasteiger partial charge in [-0.2, -0.15) is 0 Å². The second-order valence-electron chi connectivity index (χ2n) is 3.75. The van der Waals surface area contributed by atoms with E-state index >= 15 is 0 Å². The molecule has 2 rings (SSSR count). The number of hydrogen-bond acceptors (Lipinski definition) is 5. The summed E-state index contributed by atoms with van der Waals surface area (Å²) < 4.78 is 1.60. The van der Waals surface area contributed by atoms with E-state index in [-0.39, 0.29) is 6.61 Å². The average molecular weight is 197 g/mol. The van der Waals surface area contributed by atoms with Gasteiger partial charge in [-0.1, -0.05) is 11.5 Å². The fraction of sp³-hybridized carbons (Fsp3) is 0.875. The third-order valence-corrected chi connectivity index (χ3v) is 2.83. The molecule has 0 amide bonds. The van der Waals surface area contributed by atoms with Gasteiger partial charge in [-0.3, -0.25) is 0 Å². The van der Waals surface area contributed by atoms with Gasteiger partial charge in [0.05, 0.1) is 0 Å². The maximum Gasteiger partial charge on any atom is 0.242 e. The maximum absolute atomic E-state index is 9.14. The van der Waals surface area contributed by atoms with Gasteiger partial charge in [-0.05, 0) is 23.3 Å². The van der Waals surface area contributed by atoms with Crippen LogP contribution in [-0.4, -0.2) is 38.0 Å². The Morgan fingerprint density at radius 3 is 3.07 bits per heavy atom. The highest BCUT2D eigenvalue weighted by molar-refractivity contribution is 5.24. The molecule has 1 saturated carbocycles. The largest absolute Gasteiger partial charge is 0.396 e. The molecule has 1 aromatic rings. The van der Waals surface area contributed by atoms with Gasteiger partial charge >= 0.3 is 0 Å². The Labute approximate surface area is 82.3 Å². The molecule has 2 atom stereocenters. The molecule has 2 N–H and O–H groups in total. The van der Waals surface area contributed by atoms with Crippen LogP contribution in [0.25, 0.3) is 0 Å². The van der Waals surface area contributed by atoms with Crippen LogP contribution in [0.3, 0.4) is 0 Å². The molecule has 1 aliphatic rings. The molecule has 6 heteroatoms. The van der Waals surface area contributed by atoms with E-state index in [2.05, 4.69) is 20.8 Å². The smallest absolute Gasteiger partial charge is 0.242 e. The molecular weight excluding hydrogens is 182 g/mol. The third kappa shape index (κ3) is 1.70. The van der Waals surface area contributed by atoms with Crippen LogP contribution in [0.4, 0.5) is 5.95 Å². The fourth-order valence-corrected chi connectivity index (χ4v) is 1.96. The lowest BCUT2D eigenvalue weighted by molar-refractivity contribution is 0.222. The first-order chi connectivity index (χ1) is 6.81. The first-order valence-corrected chi connectivity index (χ1v) is 4.91. The number of aromatic nitrogens is 4. The van der Waals surface area contributed by atoms with Crippen molar-refractivity contribution in [2.75, 3.05) is 11.9 Å². The van der Waals surface area contributed by atoms with E-state index in [0.717, 1.165) is 19.3 Å². The summed E-state index contributed by atoms with van der Waals surface area (Å²) in [5.41, 5.74) is 0. The lowest BCUT2D eigenvalue weighted by Gasteiger charge is -2.18. The minimum atomic E-state index is 0.239. The van der Waals surface area contributed by atoms with E-state index in [0.29, 0.717) is 17.9 Å². The second kappa shape index (κ2) is 3.91. The monoisotopic (exact) mass is 197 g/mol. The summed E-state index contributed by atoms with van der Waals surface area (Å²) in [7, 11) is 1.80. The summed E-state index contributed by atoms with van der Waals surface area (Å²) in [4.78, 5) is 0. The van der Waals surface area contributed by atoms with E-state index in [1.165, 1.54) is 0 Å². The molecule has 78 valence electrons. The Balaban J connectivity index is 2.00. The van der Waals surface area contributed by atoms with Crippen LogP contribution in [0.2, 0.25) is 0 Å². The van der Waals surface area contributed by atoms with Crippen molar-refractivity contribution in [3.05, 3.63) is 0 Å². The van der Waals surface area contributed by atoms with Crippen LogP contribution in [0.5, 0.6) is 0 Å². The van der Waals surface area contributed by atoms with Gasteiger partial charge in [0.25, 0.3) is 0 Å². The van der Waals surface area contributed by atoms with Gasteiger partial charge in [0.15, 0.2) is 0 Å². The van der Waals surface area contributed by atoms with Crippen molar-refractivity contribution in [1.82, 2.24) is 20.2 Å². The van der Waals surface area contributed by atoms with Gasteiger partial charge in [0, 0.05) is 25.6 Å². The molecular formula is C8H15N5O. The van der Waals surface area contributed by atoms with Gasteiger partial charge in [0.1, 0.15) is 0 Å². The summed E-state index contributed by atoms with van der Waals surface area (Å²) in [5, 5.41) is 23.5. The number of anilines is 1. The van der Waals surface area contributed by atoms with E-state index in [4.69, 9.17) is 5.11 Å². The van der Waals surface area contributed by atoms with Gasteiger partial charge in [-0.25, -0.2) is 4.68 Å². The predicted octanol–water partition coefficient (Wildman–Crippen LogP) is -0.217. The summed E-state index contributed by atoms with van der Waals surface area (Å²) in [6, 6.07) is 0.310. The number of aliphatic hydroxyl groups excluding tert-OH is 1. The molecule has 6 nitrogen and oxygen atoms in total. The number of tetrazole rings is 1. The Kier molecular flexibility index (Phi) is 2.62. The first-order valence-electron chi connectivity index (χ1n) is 4.91. The second-order valence-corrected chi connectivity index (χ2v) is 3.75. The van der Waals surface area contributed by atoms with Crippen LogP contribution in [0.1, 0.15) is 19.3 Å². The number of aliphatic hydroxyl groups is 1. The zero-order valence-corrected chi connectivity index (χ0v) is 8.22. The van der Waals surface area contributed by atoms with Crippen LogP contribution < -0.4 is 5.32 Å². The van der Waals surface area contributed by atoms with Crippen LogP contribution >= 0.6 is 0 Å². The SMILES string of the molecule is Cn1nnnc1N[C@@H]1CCC[C@@H]1CO. The number of aryl methyl sites for hydroxylation is 1. The van der Waals surface area contributed by atoms with Crippen molar-refractivity contribution in [2.24, 2.45) is 13.0 Å². The number of nitrogens with zero attached hydrogens (tertiary/aromatic N) is 4. The van der Waals surface area contributed by atoms with Crippen molar-refractivity contribution in [3.63, 3.8) is 0 Å². The molecule has 14 heavy (non-hydrogen) atoms. The first kappa shape index (κ1) is 9.39. The summed E-state index contributed by atoms with van der Waals surface area (Å²) >= 11 is 0. The quantitative estimate of drug-likeness (QED) is 0.700. The molecule has 0 radical (unpaired) electrons. The summed E-state index contributed by atoms with van der Waals surface area (Å²) in [6.45, 7) is 0.239. The molecule has 0 bridgehead atoms. The number of nitrogens with one attached hydrogen (secondary N) is 1. The Hall–Kier alpha value is -1.17. The lowest BCUT2D eigenvalue weighted by Crippen LogP contribution is -2.27. The van der Waals surface area contributed by atoms with Crippen molar-refractivity contribution in [2.45, 2.75) is 25.3 Å². The number of hydrogen-bond donors (Lipinski definition) is 2. The molecule has 0 aromatic carbocycles. The Bertz CT molecular complexity index is 300. The zero-order valence-electron chi connectivity index (χ0n) is 8.22. The van der Waals surface area contributed by atoms with Crippen molar-refractivity contribution >= 4 is 5.95 Å². The summed E-state index contributed by atoms with van der Waals surface area (Å²) in [5.74, 6) is 1.02. The van der Waals surface area contributed by atoms with E-state index < -0.39 is 0 Å². The molecule has 1 fully saturated rings. The Morgan fingerprint density at radius 1 is 1.57 bits per heavy atom. The third-order valence-electron chi connectivity index (χ3n) is 2.83. The van der Waals surface area contributed by atoms with Gasteiger partial charge < -0.3 is 10.4 Å². The van der Waals surface area contributed by atoms with E-state index in [9.17, 15) is 0 Å².